The van der Waals surface area contributed by atoms with Crippen molar-refractivity contribution in [2.75, 3.05) is 19.6 Å². The number of benzene rings is 2. The molecule has 0 saturated heterocycles. The first-order valence-electron chi connectivity index (χ1n) is 8.11. The Hall–Kier alpha value is -1.28. The summed E-state index contributed by atoms with van der Waals surface area (Å²) in [6.07, 6.45) is 3.73. The van der Waals surface area contributed by atoms with Crippen molar-refractivity contribution in [2.24, 2.45) is 0 Å². The second kappa shape index (κ2) is 8.24. The fourth-order valence-electron chi connectivity index (χ4n) is 3.48. The smallest absolute Gasteiger partial charge is 0.133 e. The zero-order valence-corrected chi connectivity index (χ0v) is 13.2. The molecule has 0 fully saturated rings. The van der Waals surface area contributed by atoms with Gasteiger partial charge in [-0.3, -0.25) is 4.48 Å². The number of nitrogens with zero attached hydrogens (tertiary/aromatic N) is 1. The predicted octanol–water partition coefficient (Wildman–Crippen LogP) is 3.93. The predicted molar refractivity (Wildman–Crippen MR) is 103 cm³/mol. The number of hydrogen-bond donors (Lipinski definition) is 0. The molecule has 2 heteroatoms. The van der Waals surface area contributed by atoms with Gasteiger partial charge in [0, 0.05) is 6.07 Å². The van der Waals surface area contributed by atoms with Gasteiger partial charge in [0.1, 0.15) is 5.69 Å². The summed E-state index contributed by atoms with van der Waals surface area (Å²) < 4.78 is 1.15. The largest absolute Gasteiger partial charge is 0.291 e. The van der Waals surface area contributed by atoms with Gasteiger partial charge in [-0.15, -0.1) is 0 Å². The van der Waals surface area contributed by atoms with E-state index in [0.717, 1.165) is 4.48 Å². The van der Waals surface area contributed by atoms with Crippen LogP contribution in [0.25, 0.3) is 10.8 Å². The highest BCUT2D eigenvalue weighted by molar-refractivity contribution is 5.85. The van der Waals surface area contributed by atoms with Gasteiger partial charge < -0.3 is 0 Å². The summed E-state index contributed by atoms with van der Waals surface area (Å²) in [5, 5.41) is 2.72. The maximum Gasteiger partial charge on any atom is 0.133 e. The molecule has 0 unspecified atom stereocenters. The number of rotatable bonds is 7. The van der Waals surface area contributed by atoms with Crippen LogP contribution < -0.4 is 4.48 Å². The molecular weight excluding hydrogens is 253 g/mol. The molecule has 0 aliphatic rings. The topological polar surface area (TPSA) is 0 Å². The Labute approximate surface area is 132 Å². The maximum atomic E-state index is 2.41. The molecule has 21 heavy (non-hydrogen) atoms. The first kappa shape index (κ1) is 17.8. The van der Waals surface area contributed by atoms with Crippen LogP contribution in [0.1, 0.15) is 40.0 Å². The Balaban J connectivity index is 0.00000220. The summed E-state index contributed by atoms with van der Waals surface area (Å²) in [6.45, 7) is 10.7. The molecule has 1 nitrogen and oxygen atoms in total. The minimum absolute atomic E-state index is 0. The summed E-state index contributed by atoms with van der Waals surface area (Å²) in [6, 6.07) is 15.7. The van der Waals surface area contributed by atoms with Crippen LogP contribution in [0.3, 0.4) is 0 Å². The van der Waals surface area contributed by atoms with Crippen molar-refractivity contribution in [3.05, 3.63) is 42.5 Å². The Morgan fingerprint density at radius 3 is 1.76 bits per heavy atom. The lowest BCUT2D eigenvalue weighted by Crippen LogP contribution is -2.51. The van der Waals surface area contributed by atoms with E-state index in [0.29, 0.717) is 0 Å². The van der Waals surface area contributed by atoms with Crippen molar-refractivity contribution in [3.8, 4) is 0 Å². The molecule has 2 aromatic rings. The molecule has 0 aromatic heterocycles. The van der Waals surface area contributed by atoms with Crippen LogP contribution in [0, 0.1) is 0 Å². The van der Waals surface area contributed by atoms with Crippen LogP contribution >= 0.6 is 0 Å². The first-order chi connectivity index (χ1) is 9.75. The van der Waals surface area contributed by atoms with E-state index in [4.69, 9.17) is 0 Å². The van der Waals surface area contributed by atoms with Crippen molar-refractivity contribution >= 4 is 24.9 Å². The second-order valence-corrected chi connectivity index (χ2v) is 5.85. The summed E-state index contributed by atoms with van der Waals surface area (Å²) in [7, 11) is 0. The molecule has 0 radical (unpaired) electrons. The SMILES string of the molecule is CCC[N+](CCC)(CCC)c1ccc2ccccc2c1.[BH4-]. The van der Waals surface area contributed by atoms with E-state index in [1.54, 1.807) is 0 Å². The van der Waals surface area contributed by atoms with Gasteiger partial charge in [0.15, 0.2) is 0 Å². The van der Waals surface area contributed by atoms with Gasteiger partial charge in [-0.1, -0.05) is 53.4 Å². The van der Waals surface area contributed by atoms with Gasteiger partial charge in [0.2, 0.25) is 0 Å². The van der Waals surface area contributed by atoms with Crippen molar-refractivity contribution in [2.45, 2.75) is 40.0 Å². The van der Waals surface area contributed by atoms with E-state index in [2.05, 4.69) is 63.2 Å². The maximum absolute atomic E-state index is 2.41. The third kappa shape index (κ3) is 3.88. The fraction of sp³-hybridized carbons (Fsp3) is 0.474. The third-order valence-electron chi connectivity index (χ3n) is 4.24. The minimum Gasteiger partial charge on any atom is -0.291 e. The highest BCUT2D eigenvalue weighted by Gasteiger charge is 2.27. The monoisotopic (exact) mass is 285 g/mol. The van der Waals surface area contributed by atoms with Crippen molar-refractivity contribution in [1.29, 1.82) is 0 Å². The normalized spacial score (nSPS) is 11.4. The molecule has 0 N–H and O–H groups in total. The first-order valence-corrected chi connectivity index (χ1v) is 8.11. The van der Waals surface area contributed by atoms with Crippen LogP contribution in [-0.2, 0) is 0 Å². The molecule has 0 saturated carbocycles. The average molecular weight is 285 g/mol. The van der Waals surface area contributed by atoms with Crippen LogP contribution in [0.2, 0.25) is 0 Å². The second-order valence-electron chi connectivity index (χ2n) is 5.85. The van der Waals surface area contributed by atoms with Crippen molar-refractivity contribution in [3.63, 3.8) is 0 Å². The molecule has 116 valence electrons. The number of hydrogen-bond acceptors (Lipinski definition) is 0. The Bertz CT molecular complexity index is 533. The van der Waals surface area contributed by atoms with Gasteiger partial charge in [-0.2, -0.15) is 0 Å². The Morgan fingerprint density at radius 1 is 0.714 bits per heavy atom. The molecule has 2 rings (SSSR count). The molecule has 0 aliphatic carbocycles. The lowest BCUT2D eigenvalue weighted by Gasteiger charge is -2.38. The zero-order valence-electron chi connectivity index (χ0n) is 13.2. The Morgan fingerprint density at radius 2 is 1.24 bits per heavy atom. The molecule has 0 heterocycles. The van der Waals surface area contributed by atoms with E-state index in [1.807, 2.05) is 0 Å². The third-order valence-corrected chi connectivity index (χ3v) is 4.24. The summed E-state index contributed by atoms with van der Waals surface area (Å²) in [4.78, 5) is 0. The summed E-state index contributed by atoms with van der Waals surface area (Å²) in [5.74, 6) is 0. The average Bonchev–Trinajstić information content (AvgIpc) is 2.47. The summed E-state index contributed by atoms with van der Waals surface area (Å²) >= 11 is 0. The fourth-order valence-corrected chi connectivity index (χ4v) is 3.48. The molecule has 0 amide bonds. The molecule has 0 bridgehead atoms. The molecular formula is C19H32BN. The lowest BCUT2D eigenvalue weighted by molar-refractivity contribution is 0.273. The standard InChI is InChI=1S/C19H28N.BH4/c1-4-13-20(14-5-2,15-6-3)19-12-11-17-9-7-8-10-18(17)16-19;/h7-12,16H,4-6,13-15H2,1-3H3;1H4/q+1;-1. The number of fused-ring (bicyclic) bond motifs is 1. The van der Waals surface area contributed by atoms with E-state index in [-0.39, 0.29) is 8.41 Å². The number of quaternary nitrogens is 1. The van der Waals surface area contributed by atoms with Crippen LogP contribution in [-0.4, -0.2) is 28.0 Å². The quantitative estimate of drug-likeness (QED) is 0.534. The van der Waals surface area contributed by atoms with E-state index < -0.39 is 0 Å². The van der Waals surface area contributed by atoms with Crippen LogP contribution in [0.5, 0.6) is 0 Å². The van der Waals surface area contributed by atoms with Gasteiger partial charge in [-0.05, 0) is 42.2 Å². The highest BCUT2D eigenvalue weighted by atomic mass is 15.4. The van der Waals surface area contributed by atoms with Gasteiger partial charge in [0.25, 0.3) is 0 Å². The van der Waals surface area contributed by atoms with E-state index >= 15 is 0 Å². The van der Waals surface area contributed by atoms with Crippen LogP contribution in [0.4, 0.5) is 5.69 Å². The molecule has 0 atom stereocenters. The van der Waals surface area contributed by atoms with E-state index in [1.165, 1.54) is 55.4 Å². The lowest BCUT2D eigenvalue weighted by atomic mass is 10.1. The van der Waals surface area contributed by atoms with Gasteiger partial charge >= 0.3 is 0 Å². The zero-order chi connectivity index (χ0) is 14.4. The van der Waals surface area contributed by atoms with Gasteiger partial charge in [0.05, 0.1) is 19.6 Å². The molecule has 0 spiro atoms. The summed E-state index contributed by atoms with van der Waals surface area (Å²) in [5.41, 5.74) is 1.49. The van der Waals surface area contributed by atoms with Crippen molar-refractivity contribution < 1.29 is 0 Å². The van der Waals surface area contributed by atoms with Crippen molar-refractivity contribution in [1.82, 2.24) is 4.48 Å². The molecule has 0 aliphatic heterocycles. The Kier molecular flexibility index (Phi) is 6.97. The van der Waals surface area contributed by atoms with E-state index in [9.17, 15) is 0 Å². The molecule has 2 aromatic carbocycles. The van der Waals surface area contributed by atoms with Gasteiger partial charge in [-0.25, -0.2) is 0 Å². The highest BCUT2D eigenvalue weighted by Crippen LogP contribution is 2.29. The minimum atomic E-state index is 0. The van der Waals surface area contributed by atoms with Crippen LogP contribution in [0.15, 0.2) is 42.5 Å².